The van der Waals surface area contributed by atoms with Crippen molar-refractivity contribution in [2.75, 3.05) is 40.6 Å². The highest BCUT2D eigenvalue weighted by Gasteiger charge is 2.13. The molecule has 2 unspecified atom stereocenters. The molecule has 0 saturated carbocycles. The number of unbranched alkanes of at least 4 members (excludes halogenated alkanes) is 24. The number of ether oxygens (including phenoxy) is 7. The number of allylic oxidation sites excluding steroid dienone is 2. The molecule has 57 heavy (non-hydrogen) atoms. The largest absolute Gasteiger partial charge is 0.353 e. The number of hydrogen-bond donors (Lipinski definition) is 0. The second-order valence-electron chi connectivity index (χ2n) is 16.2. The Morgan fingerprint density at radius 3 is 0.825 bits per heavy atom. The third kappa shape index (κ3) is 41.7. The predicted molar refractivity (Wildman–Crippen MR) is 243 cm³/mol. The predicted octanol–water partition coefficient (Wildman–Crippen LogP) is 15.3. The van der Waals surface area contributed by atoms with E-state index in [1.165, 1.54) is 154 Å². The van der Waals surface area contributed by atoms with E-state index in [1.807, 2.05) is 12.2 Å². The van der Waals surface area contributed by atoms with E-state index in [0.29, 0.717) is 0 Å². The smallest absolute Gasteiger partial charge is 0.179 e. The maximum atomic E-state index is 6.25. The Balaban J connectivity index is 4.81. The van der Waals surface area contributed by atoms with E-state index >= 15 is 0 Å². The van der Waals surface area contributed by atoms with Gasteiger partial charge in [0.2, 0.25) is 0 Å². The molecule has 0 rings (SSSR count). The van der Waals surface area contributed by atoms with Gasteiger partial charge in [0.25, 0.3) is 0 Å². The monoisotopic (exact) mass is 811 g/mol. The minimum absolute atomic E-state index is 0.172. The van der Waals surface area contributed by atoms with E-state index in [1.54, 1.807) is 14.2 Å². The summed E-state index contributed by atoms with van der Waals surface area (Å²) in [5.74, 6) is 0. The average Bonchev–Trinajstić information content (AvgIpc) is 3.22. The van der Waals surface area contributed by atoms with Gasteiger partial charge in [0.05, 0.1) is 0 Å². The van der Waals surface area contributed by atoms with Gasteiger partial charge in [-0.15, -0.1) is 0 Å². The molecule has 0 aromatic carbocycles. The minimum Gasteiger partial charge on any atom is -0.353 e. The van der Waals surface area contributed by atoms with Gasteiger partial charge in [-0.3, -0.25) is 0 Å². The molecule has 0 bridgehead atoms. The van der Waals surface area contributed by atoms with E-state index in [2.05, 4.69) is 39.8 Å². The van der Waals surface area contributed by atoms with Gasteiger partial charge in [-0.1, -0.05) is 194 Å². The molecule has 0 aromatic heterocycles. The fourth-order valence-corrected chi connectivity index (χ4v) is 6.90. The lowest BCUT2D eigenvalue weighted by atomic mass is 10.1. The van der Waals surface area contributed by atoms with E-state index in [9.17, 15) is 0 Å². The van der Waals surface area contributed by atoms with Crippen LogP contribution in [0.3, 0.4) is 0 Å². The van der Waals surface area contributed by atoms with Crippen molar-refractivity contribution in [3.63, 3.8) is 0 Å². The zero-order valence-corrected chi connectivity index (χ0v) is 38.9. The van der Waals surface area contributed by atoms with Crippen LogP contribution in [-0.4, -0.2) is 65.8 Å². The topological polar surface area (TPSA) is 64.6 Å². The fraction of sp³-hybridized carbons (Fsp3) is 0.920. The molecule has 0 aliphatic heterocycles. The molecular weight excluding hydrogens is 713 g/mol. The van der Waals surface area contributed by atoms with Gasteiger partial charge in [-0.25, -0.2) is 0 Å². The van der Waals surface area contributed by atoms with Gasteiger partial charge < -0.3 is 33.2 Å². The number of methoxy groups -OCH3 is 2. The molecule has 0 fully saturated rings. The lowest BCUT2D eigenvalue weighted by Crippen LogP contribution is -2.22. The van der Waals surface area contributed by atoms with Crippen LogP contribution in [0.1, 0.15) is 233 Å². The first-order valence-corrected chi connectivity index (χ1v) is 24.7. The lowest BCUT2D eigenvalue weighted by molar-refractivity contribution is -0.189. The Morgan fingerprint density at radius 2 is 0.579 bits per heavy atom. The molecule has 7 heteroatoms. The molecule has 0 N–H and O–H groups in total. The highest BCUT2D eigenvalue weighted by Crippen LogP contribution is 2.15. The first-order chi connectivity index (χ1) is 28.1. The van der Waals surface area contributed by atoms with Crippen LogP contribution in [0, 0.1) is 0 Å². The molecule has 0 aliphatic rings. The standard InChI is InChI=1S/C50H98O7/c1-7-11-15-19-23-27-35-43-53-49(54-44-36-28-24-20-16-12-8-2)41-33-31-39-47(51-5)57-48(52-6)40-32-34-42-50(55-45-37-29-25-21-17-13-9-3)56-46-38-30-26-22-18-14-10-4/h31-32,39-40,47-50H,7-30,33-38,41-46H2,1-6H3. The summed E-state index contributed by atoms with van der Waals surface area (Å²) in [4.78, 5) is 0. The summed E-state index contributed by atoms with van der Waals surface area (Å²) in [5.41, 5.74) is 0. The van der Waals surface area contributed by atoms with Crippen molar-refractivity contribution in [2.45, 2.75) is 258 Å². The van der Waals surface area contributed by atoms with Crippen molar-refractivity contribution in [3.8, 4) is 0 Å². The van der Waals surface area contributed by atoms with Crippen LogP contribution in [0.4, 0.5) is 0 Å². The molecular formula is C50H98O7. The molecule has 0 aliphatic carbocycles. The Bertz CT molecular complexity index is 702. The van der Waals surface area contributed by atoms with E-state index in [-0.39, 0.29) is 12.6 Å². The normalized spacial score (nSPS) is 13.3. The zero-order chi connectivity index (χ0) is 41.5. The summed E-state index contributed by atoms with van der Waals surface area (Å²) in [5, 5.41) is 0. The van der Waals surface area contributed by atoms with Crippen molar-refractivity contribution in [1.29, 1.82) is 0 Å². The number of hydrogen-bond acceptors (Lipinski definition) is 7. The van der Waals surface area contributed by atoms with Crippen LogP contribution < -0.4 is 0 Å². The van der Waals surface area contributed by atoms with E-state index < -0.39 is 12.6 Å². The highest BCUT2D eigenvalue weighted by atomic mass is 16.8. The fourth-order valence-electron chi connectivity index (χ4n) is 6.90. The van der Waals surface area contributed by atoms with Crippen LogP contribution in [0.2, 0.25) is 0 Å². The lowest BCUT2D eigenvalue weighted by Gasteiger charge is -2.20. The quantitative estimate of drug-likeness (QED) is 0.0344. The highest BCUT2D eigenvalue weighted by molar-refractivity contribution is 4.89. The van der Waals surface area contributed by atoms with Gasteiger partial charge in [0.15, 0.2) is 25.2 Å². The molecule has 340 valence electrons. The van der Waals surface area contributed by atoms with E-state index in [0.717, 1.165) is 77.8 Å². The second kappa shape index (κ2) is 47.9. The summed E-state index contributed by atoms with van der Waals surface area (Å²) in [6.45, 7) is 12.1. The van der Waals surface area contributed by atoms with Crippen LogP contribution in [0.15, 0.2) is 24.3 Å². The Kier molecular flexibility index (Phi) is 47.2. The first kappa shape index (κ1) is 56.2. The Labute approximate surface area is 355 Å². The minimum atomic E-state index is -0.510. The van der Waals surface area contributed by atoms with Crippen molar-refractivity contribution in [2.24, 2.45) is 0 Å². The summed E-state index contributed by atoms with van der Waals surface area (Å²) in [6.07, 6.45) is 45.9. The van der Waals surface area contributed by atoms with Crippen molar-refractivity contribution < 1.29 is 33.2 Å². The molecule has 0 aromatic rings. The summed E-state index contributed by atoms with van der Waals surface area (Å²) >= 11 is 0. The average molecular weight is 811 g/mol. The second-order valence-corrected chi connectivity index (χ2v) is 16.2. The SMILES string of the molecule is CCCCCCCCCOC(CCC=CC(OC)OC(C=CCCC(OCCCCCCCCC)OCCCCCCCCC)OC)OCCCCCCCCC. The first-order valence-electron chi connectivity index (χ1n) is 24.7. The molecule has 0 saturated heterocycles. The van der Waals surface area contributed by atoms with Crippen molar-refractivity contribution in [1.82, 2.24) is 0 Å². The van der Waals surface area contributed by atoms with Gasteiger partial charge in [0.1, 0.15) is 0 Å². The van der Waals surface area contributed by atoms with Crippen LogP contribution >= 0.6 is 0 Å². The van der Waals surface area contributed by atoms with Crippen molar-refractivity contribution in [3.05, 3.63) is 24.3 Å². The van der Waals surface area contributed by atoms with Crippen molar-refractivity contribution >= 4 is 0 Å². The number of rotatable bonds is 48. The molecule has 2 atom stereocenters. The van der Waals surface area contributed by atoms with Gasteiger partial charge in [-0.05, 0) is 50.7 Å². The van der Waals surface area contributed by atoms with Gasteiger partial charge in [-0.2, -0.15) is 0 Å². The Morgan fingerprint density at radius 1 is 0.333 bits per heavy atom. The van der Waals surface area contributed by atoms with Gasteiger partial charge in [0, 0.05) is 53.5 Å². The molecule has 0 spiro atoms. The maximum absolute atomic E-state index is 6.25. The van der Waals surface area contributed by atoms with Gasteiger partial charge >= 0.3 is 0 Å². The third-order valence-corrected chi connectivity index (χ3v) is 10.7. The summed E-state index contributed by atoms with van der Waals surface area (Å²) in [7, 11) is 3.33. The molecule has 0 amide bonds. The van der Waals surface area contributed by atoms with E-state index in [4.69, 9.17) is 33.2 Å². The molecule has 7 nitrogen and oxygen atoms in total. The summed E-state index contributed by atoms with van der Waals surface area (Å²) < 4.78 is 42.4. The summed E-state index contributed by atoms with van der Waals surface area (Å²) in [6, 6.07) is 0. The van der Waals surface area contributed by atoms with Crippen LogP contribution in [0.25, 0.3) is 0 Å². The molecule has 0 radical (unpaired) electrons. The maximum Gasteiger partial charge on any atom is 0.179 e. The zero-order valence-electron chi connectivity index (χ0n) is 38.9. The third-order valence-electron chi connectivity index (χ3n) is 10.7. The van der Waals surface area contributed by atoms with Crippen LogP contribution in [0.5, 0.6) is 0 Å². The Hall–Kier alpha value is -0.800. The molecule has 0 heterocycles. The van der Waals surface area contributed by atoms with Crippen LogP contribution in [-0.2, 0) is 33.2 Å².